The van der Waals surface area contributed by atoms with Gasteiger partial charge in [-0.25, -0.2) is 4.39 Å². The molecule has 0 aliphatic rings. The van der Waals surface area contributed by atoms with Crippen LogP contribution in [0.3, 0.4) is 0 Å². The van der Waals surface area contributed by atoms with E-state index in [0.29, 0.717) is 0 Å². The van der Waals surface area contributed by atoms with Gasteiger partial charge in [0.25, 0.3) is 0 Å². The number of rotatable bonds is 4. The number of aliphatic hydroxyl groups is 1. The highest BCUT2D eigenvalue weighted by Gasteiger charge is 2.22. The van der Waals surface area contributed by atoms with Crippen LogP contribution in [0.5, 0.6) is 0 Å². The van der Waals surface area contributed by atoms with E-state index >= 15 is 0 Å². The lowest BCUT2D eigenvalue weighted by Gasteiger charge is -2.26. The van der Waals surface area contributed by atoms with E-state index in [1.807, 2.05) is 13.8 Å². The Morgan fingerprint density at radius 3 is 2.60 bits per heavy atom. The fraction of sp³-hybridized carbons (Fsp3) is 0.500. The van der Waals surface area contributed by atoms with Gasteiger partial charge in [0.2, 0.25) is 0 Å². The van der Waals surface area contributed by atoms with Gasteiger partial charge in [-0.1, -0.05) is 35.8 Å². The number of hydrogen-bond donors (Lipinski definition) is 1. The van der Waals surface area contributed by atoms with Crippen molar-refractivity contribution in [2.75, 3.05) is 6.61 Å². The predicted molar refractivity (Wildman–Crippen MR) is 63.3 cm³/mol. The third kappa shape index (κ3) is 3.28. The standard InChI is InChI=1S/C12H16BrFO/c1-3-12(2,8-15)7-9-4-5-10(14)6-11(9)13/h4-6,15H,3,7-8H2,1-2H3. The van der Waals surface area contributed by atoms with E-state index in [-0.39, 0.29) is 17.8 Å². The fourth-order valence-corrected chi connectivity index (χ4v) is 1.91. The Kier molecular flexibility index (Phi) is 4.29. The summed E-state index contributed by atoms with van der Waals surface area (Å²) in [6.45, 7) is 4.23. The Morgan fingerprint density at radius 1 is 1.47 bits per heavy atom. The summed E-state index contributed by atoms with van der Waals surface area (Å²) in [5.74, 6) is -0.243. The Hall–Kier alpha value is -0.410. The van der Waals surface area contributed by atoms with Crippen LogP contribution in [0.15, 0.2) is 22.7 Å². The quantitative estimate of drug-likeness (QED) is 0.891. The summed E-state index contributed by atoms with van der Waals surface area (Å²) in [7, 11) is 0. The first kappa shape index (κ1) is 12.7. The van der Waals surface area contributed by atoms with Gasteiger partial charge in [-0.15, -0.1) is 0 Å². The summed E-state index contributed by atoms with van der Waals surface area (Å²) in [4.78, 5) is 0. The largest absolute Gasteiger partial charge is 0.396 e. The van der Waals surface area contributed by atoms with Crippen molar-refractivity contribution in [1.29, 1.82) is 0 Å². The molecule has 15 heavy (non-hydrogen) atoms. The molecular formula is C12H16BrFO. The molecule has 0 aliphatic heterocycles. The SMILES string of the molecule is CCC(C)(CO)Cc1ccc(F)cc1Br. The summed E-state index contributed by atoms with van der Waals surface area (Å²) in [6, 6.07) is 4.68. The van der Waals surface area contributed by atoms with Crippen LogP contribution < -0.4 is 0 Å². The van der Waals surface area contributed by atoms with E-state index in [1.54, 1.807) is 6.07 Å². The van der Waals surface area contributed by atoms with Crippen LogP contribution in [0.4, 0.5) is 4.39 Å². The van der Waals surface area contributed by atoms with Crippen molar-refractivity contribution in [3.05, 3.63) is 34.1 Å². The van der Waals surface area contributed by atoms with Gasteiger partial charge in [-0.05, 0) is 36.0 Å². The van der Waals surface area contributed by atoms with E-state index in [2.05, 4.69) is 15.9 Å². The Bertz CT molecular complexity index is 334. The Balaban J connectivity index is 2.89. The van der Waals surface area contributed by atoms with E-state index in [0.717, 1.165) is 22.9 Å². The van der Waals surface area contributed by atoms with Crippen molar-refractivity contribution in [2.45, 2.75) is 26.7 Å². The minimum absolute atomic E-state index is 0.125. The predicted octanol–water partition coefficient (Wildman–Crippen LogP) is 3.54. The zero-order chi connectivity index (χ0) is 11.5. The maximum Gasteiger partial charge on any atom is 0.124 e. The zero-order valence-corrected chi connectivity index (χ0v) is 10.6. The summed E-state index contributed by atoms with van der Waals surface area (Å²) in [6.07, 6.45) is 1.65. The smallest absolute Gasteiger partial charge is 0.124 e. The number of aliphatic hydroxyl groups excluding tert-OH is 1. The van der Waals surface area contributed by atoms with Crippen molar-refractivity contribution in [3.8, 4) is 0 Å². The minimum Gasteiger partial charge on any atom is -0.396 e. The molecule has 0 aromatic heterocycles. The van der Waals surface area contributed by atoms with Gasteiger partial charge in [0.05, 0.1) is 0 Å². The average Bonchev–Trinajstić information content (AvgIpc) is 2.22. The molecule has 0 saturated heterocycles. The number of benzene rings is 1. The molecule has 84 valence electrons. The van der Waals surface area contributed by atoms with Gasteiger partial charge >= 0.3 is 0 Å². The molecule has 0 spiro atoms. The second kappa shape index (κ2) is 5.08. The molecule has 1 aromatic carbocycles. The molecule has 1 aromatic rings. The molecule has 3 heteroatoms. The second-order valence-electron chi connectivity index (χ2n) is 4.23. The van der Waals surface area contributed by atoms with Crippen LogP contribution in [-0.2, 0) is 6.42 Å². The molecule has 1 nitrogen and oxygen atoms in total. The fourth-order valence-electron chi connectivity index (χ4n) is 1.42. The maximum absolute atomic E-state index is 12.9. The molecule has 0 aliphatic carbocycles. The van der Waals surface area contributed by atoms with Crippen molar-refractivity contribution < 1.29 is 9.50 Å². The molecule has 0 bridgehead atoms. The maximum atomic E-state index is 12.9. The Morgan fingerprint density at radius 2 is 2.13 bits per heavy atom. The van der Waals surface area contributed by atoms with E-state index in [1.165, 1.54) is 12.1 Å². The third-order valence-corrected chi connectivity index (χ3v) is 3.61. The molecule has 0 radical (unpaired) electrons. The lowest BCUT2D eigenvalue weighted by molar-refractivity contribution is 0.137. The number of hydrogen-bond acceptors (Lipinski definition) is 1. The topological polar surface area (TPSA) is 20.2 Å². The highest BCUT2D eigenvalue weighted by molar-refractivity contribution is 9.10. The molecule has 0 heterocycles. The lowest BCUT2D eigenvalue weighted by atomic mass is 9.82. The zero-order valence-electron chi connectivity index (χ0n) is 9.06. The van der Waals surface area contributed by atoms with Gasteiger partial charge < -0.3 is 5.11 Å². The molecule has 0 amide bonds. The first-order chi connectivity index (χ1) is 7.00. The molecule has 1 rings (SSSR count). The van der Waals surface area contributed by atoms with Crippen LogP contribution in [0.2, 0.25) is 0 Å². The Labute approximate surface area is 98.4 Å². The highest BCUT2D eigenvalue weighted by atomic mass is 79.9. The summed E-state index contributed by atoms with van der Waals surface area (Å²) in [5.41, 5.74) is 0.912. The molecule has 0 saturated carbocycles. The number of halogens is 2. The molecular weight excluding hydrogens is 259 g/mol. The van der Waals surface area contributed by atoms with Crippen molar-refractivity contribution in [1.82, 2.24) is 0 Å². The average molecular weight is 275 g/mol. The van der Waals surface area contributed by atoms with Crippen molar-refractivity contribution in [3.63, 3.8) is 0 Å². The molecule has 1 atom stereocenters. The molecule has 1 unspecified atom stereocenters. The lowest BCUT2D eigenvalue weighted by Crippen LogP contribution is -2.23. The van der Waals surface area contributed by atoms with Gasteiger partial charge in [0.1, 0.15) is 5.82 Å². The van der Waals surface area contributed by atoms with Gasteiger partial charge in [-0.3, -0.25) is 0 Å². The van der Waals surface area contributed by atoms with E-state index < -0.39 is 0 Å². The van der Waals surface area contributed by atoms with E-state index in [9.17, 15) is 9.50 Å². The van der Waals surface area contributed by atoms with Crippen molar-refractivity contribution in [2.24, 2.45) is 5.41 Å². The summed E-state index contributed by atoms with van der Waals surface area (Å²) < 4.78 is 13.6. The third-order valence-electron chi connectivity index (χ3n) is 2.87. The molecule has 0 fully saturated rings. The van der Waals surface area contributed by atoms with Gasteiger partial charge in [0, 0.05) is 11.1 Å². The van der Waals surface area contributed by atoms with Crippen LogP contribution in [-0.4, -0.2) is 11.7 Å². The monoisotopic (exact) mass is 274 g/mol. The first-order valence-corrected chi connectivity index (χ1v) is 5.85. The van der Waals surface area contributed by atoms with Crippen LogP contribution >= 0.6 is 15.9 Å². The van der Waals surface area contributed by atoms with Crippen LogP contribution in [0, 0.1) is 11.2 Å². The normalized spacial score (nSPS) is 15.0. The first-order valence-electron chi connectivity index (χ1n) is 5.05. The summed E-state index contributed by atoms with van der Waals surface area (Å²) in [5, 5.41) is 9.30. The van der Waals surface area contributed by atoms with Crippen LogP contribution in [0.1, 0.15) is 25.8 Å². The van der Waals surface area contributed by atoms with E-state index in [4.69, 9.17) is 0 Å². The summed E-state index contributed by atoms with van der Waals surface area (Å²) >= 11 is 3.34. The van der Waals surface area contributed by atoms with Gasteiger partial charge in [0.15, 0.2) is 0 Å². The van der Waals surface area contributed by atoms with Crippen molar-refractivity contribution >= 4 is 15.9 Å². The highest BCUT2D eigenvalue weighted by Crippen LogP contribution is 2.29. The second-order valence-corrected chi connectivity index (χ2v) is 5.09. The minimum atomic E-state index is -0.243. The molecule has 1 N–H and O–H groups in total. The van der Waals surface area contributed by atoms with Gasteiger partial charge in [-0.2, -0.15) is 0 Å². The van der Waals surface area contributed by atoms with Crippen LogP contribution in [0.25, 0.3) is 0 Å².